The van der Waals surface area contributed by atoms with Gasteiger partial charge >= 0.3 is 0 Å². The van der Waals surface area contributed by atoms with Gasteiger partial charge in [-0.25, -0.2) is 0 Å². The molecule has 0 fully saturated rings. The molecule has 0 unspecified atom stereocenters. The van der Waals surface area contributed by atoms with Crippen LogP contribution in [0.3, 0.4) is 0 Å². The summed E-state index contributed by atoms with van der Waals surface area (Å²) < 4.78 is 0. The van der Waals surface area contributed by atoms with Gasteiger partial charge in [0.1, 0.15) is 0 Å². The van der Waals surface area contributed by atoms with Crippen molar-refractivity contribution in [1.82, 2.24) is 0 Å². The first-order valence-electron chi connectivity index (χ1n) is 7.08. The largest absolute Gasteiger partial charge is 0.0853 e. The van der Waals surface area contributed by atoms with Crippen molar-refractivity contribution in [3.05, 3.63) is 83.4 Å². The molecule has 0 amide bonds. The number of benzene rings is 2. The van der Waals surface area contributed by atoms with Crippen LogP contribution in [0.4, 0.5) is 0 Å². The smallest absolute Gasteiger partial charge is 0.0242 e. The number of rotatable bonds is 6. The Morgan fingerprint density at radius 1 is 0.789 bits per heavy atom. The molecule has 0 N–H and O–H groups in total. The molecule has 0 aliphatic carbocycles. The Hall–Kier alpha value is -1.82. The van der Waals surface area contributed by atoms with Crippen LogP contribution in [-0.2, 0) is 12.8 Å². The van der Waals surface area contributed by atoms with Gasteiger partial charge in [0.15, 0.2) is 0 Å². The first-order valence-corrected chi connectivity index (χ1v) is 7.08. The lowest BCUT2D eigenvalue weighted by Gasteiger charge is -2.03. The third-order valence-corrected chi connectivity index (χ3v) is 3.42. The lowest BCUT2D eigenvalue weighted by Crippen LogP contribution is -1.87. The Kier molecular flexibility index (Phi) is 5.43. The second-order valence-corrected chi connectivity index (χ2v) is 5.06. The van der Waals surface area contributed by atoms with E-state index in [2.05, 4.69) is 73.7 Å². The Balaban J connectivity index is 1.74. The number of allylic oxidation sites excluding steroid dienone is 2. The Bertz CT molecular complexity index is 494. The molecule has 0 aromatic heterocycles. The topological polar surface area (TPSA) is 0 Å². The quantitative estimate of drug-likeness (QED) is 0.618. The second-order valence-electron chi connectivity index (χ2n) is 5.06. The predicted octanol–water partition coefficient (Wildman–Crippen LogP) is 5.20. The minimum Gasteiger partial charge on any atom is -0.0853 e. The average Bonchev–Trinajstić information content (AvgIpc) is 2.47. The van der Waals surface area contributed by atoms with Gasteiger partial charge < -0.3 is 0 Å². The van der Waals surface area contributed by atoms with Crippen LogP contribution in [0.2, 0.25) is 0 Å². The van der Waals surface area contributed by atoms with Crippen LogP contribution in [0.15, 0.2) is 72.3 Å². The lowest BCUT2D eigenvalue weighted by molar-refractivity contribution is 0.910. The highest BCUT2D eigenvalue weighted by Gasteiger charge is 1.94. The number of aryl methyl sites for hydroxylation is 2. The average molecular weight is 250 g/mol. The molecular weight excluding hydrogens is 228 g/mol. The van der Waals surface area contributed by atoms with E-state index in [0.29, 0.717) is 0 Å². The van der Waals surface area contributed by atoms with E-state index in [0.717, 1.165) is 19.3 Å². The maximum Gasteiger partial charge on any atom is -0.0242 e. The highest BCUT2D eigenvalue weighted by Crippen LogP contribution is 2.10. The molecular formula is C19H22. The molecule has 0 atom stereocenters. The zero-order valence-corrected chi connectivity index (χ0v) is 11.7. The van der Waals surface area contributed by atoms with Crippen LogP contribution >= 0.6 is 0 Å². The van der Waals surface area contributed by atoms with Gasteiger partial charge in [-0.1, -0.05) is 72.3 Å². The van der Waals surface area contributed by atoms with E-state index in [1.54, 1.807) is 0 Å². The van der Waals surface area contributed by atoms with Crippen molar-refractivity contribution in [3.63, 3.8) is 0 Å². The van der Waals surface area contributed by atoms with Crippen molar-refractivity contribution in [2.24, 2.45) is 0 Å². The molecule has 2 rings (SSSR count). The van der Waals surface area contributed by atoms with E-state index < -0.39 is 0 Å². The van der Waals surface area contributed by atoms with E-state index in [9.17, 15) is 0 Å². The van der Waals surface area contributed by atoms with Crippen molar-refractivity contribution in [1.29, 1.82) is 0 Å². The van der Waals surface area contributed by atoms with Crippen molar-refractivity contribution in [2.45, 2.75) is 32.6 Å². The van der Waals surface area contributed by atoms with Crippen LogP contribution in [0.25, 0.3) is 0 Å². The molecule has 0 aliphatic rings. The van der Waals surface area contributed by atoms with E-state index >= 15 is 0 Å². The Morgan fingerprint density at radius 3 is 1.89 bits per heavy atom. The zero-order valence-electron chi connectivity index (χ0n) is 11.7. The van der Waals surface area contributed by atoms with Crippen LogP contribution in [0.5, 0.6) is 0 Å². The predicted molar refractivity (Wildman–Crippen MR) is 83.3 cm³/mol. The molecule has 0 saturated heterocycles. The van der Waals surface area contributed by atoms with Crippen LogP contribution in [-0.4, -0.2) is 0 Å². The molecule has 2 aromatic carbocycles. The van der Waals surface area contributed by atoms with Gasteiger partial charge in [-0.2, -0.15) is 0 Å². The molecule has 0 radical (unpaired) electrons. The van der Waals surface area contributed by atoms with Gasteiger partial charge in [0, 0.05) is 0 Å². The molecule has 0 aliphatic heterocycles. The summed E-state index contributed by atoms with van der Waals surface area (Å²) in [6.45, 7) is 2.24. The summed E-state index contributed by atoms with van der Waals surface area (Å²) >= 11 is 0. The summed E-state index contributed by atoms with van der Waals surface area (Å²) in [5.41, 5.74) is 4.35. The van der Waals surface area contributed by atoms with Gasteiger partial charge in [-0.15, -0.1) is 0 Å². The van der Waals surface area contributed by atoms with Crippen LogP contribution < -0.4 is 0 Å². The fourth-order valence-corrected chi connectivity index (χ4v) is 2.22. The molecule has 0 bridgehead atoms. The standard InChI is InChI=1S/C19H22/c1-17(15-16-19-12-6-3-7-13-19)9-8-14-18-10-4-2-5-11-18/h2-7,9-13H,8,14-16H2,1H3. The van der Waals surface area contributed by atoms with Crippen molar-refractivity contribution in [2.75, 3.05) is 0 Å². The summed E-state index contributed by atoms with van der Waals surface area (Å²) in [5.74, 6) is 0. The molecule has 0 saturated carbocycles. The third kappa shape index (κ3) is 5.13. The van der Waals surface area contributed by atoms with E-state index in [1.807, 2.05) is 0 Å². The van der Waals surface area contributed by atoms with Gasteiger partial charge in [0.25, 0.3) is 0 Å². The summed E-state index contributed by atoms with van der Waals surface area (Å²) in [7, 11) is 0. The molecule has 0 spiro atoms. The number of hydrogen-bond acceptors (Lipinski definition) is 0. The molecule has 2 aromatic rings. The molecule has 98 valence electrons. The zero-order chi connectivity index (χ0) is 13.3. The van der Waals surface area contributed by atoms with Crippen molar-refractivity contribution >= 4 is 0 Å². The minimum absolute atomic E-state index is 1.14. The van der Waals surface area contributed by atoms with Gasteiger partial charge in [-0.3, -0.25) is 0 Å². The molecule has 0 heteroatoms. The fraction of sp³-hybridized carbons (Fsp3) is 0.263. The second kappa shape index (κ2) is 7.58. The number of hydrogen-bond donors (Lipinski definition) is 0. The fourth-order valence-electron chi connectivity index (χ4n) is 2.22. The lowest BCUT2D eigenvalue weighted by atomic mass is 10.0. The Morgan fingerprint density at radius 2 is 1.32 bits per heavy atom. The van der Waals surface area contributed by atoms with Crippen molar-refractivity contribution < 1.29 is 0 Å². The van der Waals surface area contributed by atoms with E-state index in [1.165, 1.54) is 23.1 Å². The SMILES string of the molecule is CC(=CCCc1ccccc1)CCc1ccccc1. The first kappa shape index (κ1) is 13.6. The summed E-state index contributed by atoms with van der Waals surface area (Å²) in [4.78, 5) is 0. The third-order valence-electron chi connectivity index (χ3n) is 3.42. The molecule has 0 nitrogen and oxygen atoms in total. The summed E-state index contributed by atoms with van der Waals surface area (Å²) in [5, 5.41) is 0. The normalized spacial score (nSPS) is 11.5. The van der Waals surface area contributed by atoms with E-state index in [4.69, 9.17) is 0 Å². The highest BCUT2D eigenvalue weighted by atomic mass is 14.0. The van der Waals surface area contributed by atoms with Crippen molar-refractivity contribution in [3.8, 4) is 0 Å². The van der Waals surface area contributed by atoms with Gasteiger partial charge in [0.2, 0.25) is 0 Å². The monoisotopic (exact) mass is 250 g/mol. The maximum absolute atomic E-state index is 2.38. The highest BCUT2D eigenvalue weighted by molar-refractivity contribution is 5.17. The van der Waals surface area contributed by atoms with E-state index in [-0.39, 0.29) is 0 Å². The van der Waals surface area contributed by atoms with Gasteiger partial charge in [-0.05, 0) is 43.7 Å². The Labute approximate surface area is 116 Å². The first-order chi connectivity index (χ1) is 9.34. The van der Waals surface area contributed by atoms with Crippen LogP contribution in [0.1, 0.15) is 30.9 Å². The molecule has 19 heavy (non-hydrogen) atoms. The summed E-state index contributed by atoms with van der Waals surface area (Å²) in [6, 6.07) is 21.4. The minimum atomic E-state index is 1.14. The van der Waals surface area contributed by atoms with Crippen LogP contribution in [0, 0.1) is 0 Å². The van der Waals surface area contributed by atoms with Gasteiger partial charge in [0.05, 0.1) is 0 Å². The maximum atomic E-state index is 2.38. The molecule has 0 heterocycles. The summed E-state index contributed by atoms with van der Waals surface area (Å²) in [6.07, 6.45) is 6.98.